The van der Waals surface area contributed by atoms with Crippen LogP contribution in [0.3, 0.4) is 0 Å². The van der Waals surface area contributed by atoms with E-state index < -0.39 is 0 Å². The third-order valence-corrected chi connectivity index (χ3v) is 2.65. The van der Waals surface area contributed by atoms with Crippen LogP contribution in [0.2, 0.25) is 0 Å². The predicted octanol–water partition coefficient (Wildman–Crippen LogP) is 1.57. The van der Waals surface area contributed by atoms with Crippen molar-refractivity contribution >= 4 is 0 Å². The molecule has 1 aromatic carbocycles. The molecule has 70 valence electrons. The lowest BCUT2D eigenvalue weighted by Crippen LogP contribution is -2.13. The third-order valence-electron chi connectivity index (χ3n) is 2.65. The standard InChI is InChI=1S/C11H16N2/c12-8-9-3-1-4-10(7-9)11-5-2-6-13-11/h1,3-4,7,11,13H,2,5-6,8,12H2. The number of hydrogen-bond acceptors (Lipinski definition) is 2. The lowest BCUT2D eigenvalue weighted by atomic mass is 10.0. The molecule has 2 nitrogen and oxygen atoms in total. The van der Waals surface area contributed by atoms with Gasteiger partial charge in [0.25, 0.3) is 0 Å². The van der Waals surface area contributed by atoms with E-state index >= 15 is 0 Å². The Hall–Kier alpha value is -0.860. The van der Waals surface area contributed by atoms with Gasteiger partial charge in [-0.3, -0.25) is 0 Å². The fraction of sp³-hybridized carbons (Fsp3) is 0.455. The highest BCUT2D eigenvalue weighted by atomic mass is 14.9. The number of benzene rings is 1. The summed E-state index contributed by atoms with van der Waals surface area (Å²) in [5, 5.41) is 3.48. The molecule has 0 spiro atoms. The van der Waals surface area contributed by atoms with E-state index in [0.29, 0.717) is 12.6 Å². The van der Waals surface area contributed by atoms with E-state index in [0.717, 1.165) is 6.54 Å². The van der Waals surface area contributed by atoms with Crippen LogP contribution in [0.5, 0.6) is 0 Å². The first-order valence-corrected chi connectivity index (χ1v) is 4.92. The van der Waals surface area contributed by atoms with E-state index in [2.05, 4.69) is 29.6 Å². The smallest absolute Gasteiger partial charge is 0.0320 e. The van der Waals surface area contributed by atoms with E-state index in [-0.39, 0.29) is 0 Å². The van der Waals surface area contributed by atoms with Crippen LogP contribution in [0.25, 0.3) is 0 Å². The molecule has 2 rings (SSSR count). The van der Waals surface area contributed by atoms with Gasteiger partial charge in [0.15, 0.2) is 0 Å². The number of nitrogens with two attached hydrogens (primary N) is 1. The monoisotopic (exact) mass is 176 g/mol. The number of rotatable bonds is 2. The van der Waals surface area contributed by atoms with Gasteiger partial charge in [0.05, 0.1) is 0 Å². The van der Waals surface area contributed by atoms with Crippen LogP contribution in [0, 0.1) is 0 Å². The molecule has 3 N–H and O–H groups in total. The second kappa shape index (κ2) is 3.90. The first kappa shape index (κ1) is 8.73. The zero-order valence-electron chi connectivity index (χ0n) is 7.79. The molecule has 1 aromatic rings. The molecule has 2 heteroatoms. The summed E-state index contributed by atoms with van der Waals surface area (Å²) in [4.78, 5) is 0. The van der Waals surface area contributed by atoms with Crippen molar-refractivity contribution in [1.29, 1.82) is 0 Å². The zero-order chi connectivity index (χ0) is 9.10. The van der Waals surface area contributed by atoms with E-state index in [1.54, 1.807) is 0 Å². The molecule has 1 aliphatic heterocycles. The highest BCUT2D eigenvalue weighted by Gasteiger charge is 2.15. The Kier molecular flexibility index (Phi) is 2.62. The molecular weight excluding hydrogens is 160 g/mol. The normalized spacial score (nSPS) is 22.1. The first-order chi connectivity index (χ1) is 6.40. The maximum atomic E-state index is 5.60. The van der Waals surface area contributed by atoms with E-state index in [9.17, 15) is 0 Å². The van der Waals surface area contributed by atoms with E-state index in [1.165, 1.54) is 24.0 Å². The van der Waals surface area contributed by atoms with Crippen molar-refractivity contribution in [3.8, 4) is 0 Å². The molecule has 0 bridgehead atoms. The molecule has 0 amide bonds. The molecule has 0 radical (unpaired) electrons. The number of hydrogen-bond donors (Lipinski definition) is 2. The van der Waals surface area contributed by atoms with Crippen molar-refractivity contribution < 1.29 is 0 Å². The second-order valence-corrected chi connectivity index (χ2v) is 3.60. The van der Waals surface area contributed by atoms with Crippen LogP contribution < -0.4 is 11.1 Å². The predicted molar refractivity (Wildman–Crippen MR) is 54.3 cm³/mol. The average Bonchev–Trinajstić information content (AvgIpc) is 2.71. The van der Waals surface area contributed by atoms with Crippen molar-refractivity contribution in [3.63, 3.8) is 0 Å². The van der Waals surface area contributed by atoms with Crippen molar-refractivity contribution in [2.75, 3.05) is 6.54 Å². The molecule has 13 heavy (non-hydrogen) atoms. The Labute approximate surface area is 79.1 Å². The van der Waals surface area contributed by atoms with Crippen LogP contribution >= 0.6 is 0 Å². The highest BCUT2D eigenvalue weighted by molar-refractivity contribution is 5.26. The van der Waals surface area contributed by atoms with Crippen molar-refractivity contribution in [1.82, 2.24) is 5.32 Å². The lowest BCUT2D eigenvalue weighted by molar-refractivity contribution is 0.647. The Morgan fingerprint density at radius 3 is 3.08 bits per heavy atom. The Balaban J connectivity index is 2.18. The summed E-state index contributed by atoms with van der Waals surface area (Å²) in [7, 11) is 0. The Morgan fingerprint density at radius 2 is 2.38 bits per heavy atom. The van der Waals surface area contributed by atoms with Gasteiger partial charge in [-0.05, 0) is 30.5 Å². The summed E-state index contributed by atoms with van der Waals surface area (Å²) in [6, 6.07) is 9.13. The first-order valence-electron chi connectivity index (χ1n) is 4.92. The topological polar surface area (TPSA) is 38.0 Å². The minimum Gasteiger partial charge on any atom is -0.326 e. The second-order valence-electron chi connectivity index (χ2n) is 3.60. The van der Waals surface area contributed by atoms with Crippen molar-refractivity contribution in [3.05, 3.63) is 35.4 Å². The summed E-state index contributed by atoms with van der Waals surface area (Å²) in [5.41, 5.74) is 8.21. The summed E-state index contributed by atoms with van der Waals surface area (Å²) in [6.07, 6.45) is 2.55. The quantitative estimate of drug-likeness (QED) is 0.717. The summed E-state index contributed by atoms with van der Waals surface area (Å²) in [5.74, 6) is 0. The van der Waals surface area contributed by atoms with E-state index in [4.69, 9.17) is 5.73 Å². The molecule has 1 saturated heterocycles. The van der Waals surface area contributed by atoms with Crippen LogP contribution in [-0.4, -0.2) is 6.54 Å². The molecular formula is C11H16N2. The molecule has 1 atom stereocenters. The maximum Gasteiger partial charge on any atom is 0.0320 e. The molecule has 0 aliphatic carbocycles. The van der Waals surface area contributed by atoms with Gasteiger partial charge < -0.3 is 11.1 Å². The van der Waals surface area contributed by atoms with Crippen molar-refractivity contribution in [2.24, 2.45) is 5.73 Å². The molecule has 1 fully saturated rings. The summed E-state index contributed by atoms with van der Waals surface area (Å²) >= 11 is 0. The molecule has 0 aromatic heterocycles. The van der Waals surface area contributed by atoms with Crippen LogP contribution in [0.1, 0.15) is 30.0 Å². The third kappa shape index (κ3) is 1.90. The van der Waals surface area contributed by atoms with E-state index in [1.807, 2.05) is 0 Å². The maximum absolute atomic E-state index is 5.60. The summed E-state index contributed by atoms with van der Waals surface area (Å²) in [6.45, 7) is 1.79. The average molecular weight is 176 g/mol. The van der Waals surface area contributed by atoms with Crippen LogP contribution in [0.4, 0.5) is 0 Å². The fourth-order valence-corrected chi connectivity index (χ4v) is 1.91. The van der Waals surface area contributed by atoms with Gasteiger partial charge in [-0.25, -0.2) is 0 Å². The van der Waals surface area contributed by atoms with Gasteiger partial charge in [0.1, 0.15) is 0 Å². The summed E-state index contributed by atoms with van der Waals surface area (Å²) < 4.78 is 0. The molecule has 1 aliphatic rings. The van der Waals surface area contributed by atoms with Gasteiger partial charge in [0.2, 0.25) is 0 Å². The minimum absolute atomic E-state index is 0.562. The van der Waals surface area contributed by atoms with Crippen molar-refractivity contribution in [2.45, 2.75) is 25.4 Å². The van der Waals surface area contributed by atoms with Crippen LogP contribution in [0.15, 0.2) is 24.3 Å². The van der Waals surface area contributed by atoms with Gasteiger partial charge in [-0.2, -0.15) is 0 Å². The van der Waals surface area contributed by atoms with Gasteiger partial charge in [-0.15, -0.1) is 0 Å². The largest absolute Gasteiger partial charge is 0.326 e. The molecule has 0 saturated carbocycles. The van der Waals surface area contributed by atoms with Crippen LogP contribution in [-0.2, 0) is 6.54 Å². The lowest BCUT2D eigenvalue weighted by Gasteiger charge is -2.11. The SMILES string of the molecule is NCc1cccc(C2CCCN2)c1. The molecule has 1 unspecified atom stereocenters. The zero-order valence-corrected chi connectivity index (χ0v) is 7.79. The Bertz CT molecular complexity index is 277. The van der Waals surface area contributed by atoms with Gasteiger partial charge >= 0.3 is 0 Å². The Morgan fingerprint density at radius 1 is 1.46 bits per heavy atom. The van der Waals surface area contributed by atoms with Gasteiger partial charge in [0, 0.05) is 12.6 Å². The molecule has 1 heterocycles. The van der Waals surface area contributed by atoms with Gasteiger partial charge in [-0.1, -0.05) is 24.3 Å². The minimum atomic E-state index is 0.562. The highest BCUT2D eigenvalue weighted by Crippen LogP contribution is 2.23. The fourth-order valence-electron chi connectivity index (χ4n) is 1.91. The number of nitrogens with one attached hydrogen (secondary N) is 1.